The van der Waals surface area contributed by atoms with Gasteiger partial charge in [-0.2, -0.15) is 4.98 Å². The van der Waals surface area contributed by atoms with Crippen LogP contribution in [0.3, 0.4) is 0 Å². The van der Waals surface area contributed by atoms with E-state index in [1.54, 1.807) is 6.20 Å². The molecule has 31 heavy (non-hydrogen) atoms. The maximum atomic E-state index is 4.73. The van der Waals surface area contributed by atoms with Crippen LogP contribution in [0.15, 0.2) is 91.4 Å². The van der Waals surface area contributed by atoms with Crippen LogP contribution in [0, 0.1) is 6.92 Å². The molecule has 0 amide bonds. The summed E-state index contributed by atoms with van der Waals surface area (Å²) in [6, 6.07) is 27.0. The summed E-state index contributed by atoms with van der Waals surface area (Å²) in [6.07, 6.45) is 3.59. The van der Waals surface area contributed by atoms with Crippen LogP contribution in [0.4, 0.5) is 5.95 Å². The van der Waals surface area contributed by atoms with E-state index in [1.807, 2.05) is 35.2 Å². The van der Waals surface area contributed by atoms with E-state index in [0.717, 1.165) is 22.4 Å². The average molecular weight is 406 g/mol. The third kappa shape index (κ3) is 3.78. The molecule has 0 bridgehead atoms. The summed E-state index contributed by atoms with van der Waals surface area (Å²) in [6.45, 7) is 4.23. The highest BCUT2D eigenvalue weighted by molar-refractivity contribution is 5.84. The number of hydrogen-bond acceptors (Lipinski definition) is 4. The van der Waals surface area contributed by atoms with E-state index in [9.17, 15) is 0 Å². The van der Waals surface area contributed by atoms with Gasteiger partial charge in [-0.15, -0.1) is 0 Å². The molecule has 0 aliphatic carbocycles. The van der Waals surface area contributed by atoms with E-state index < -0.39 is 0 Å². The van der Waals surface area contributed by atoms with E-state index in [1.165, 1.54) is 16.7 Å². The second-order valence-corrected chi connectivity index (χ2v) is 7.65. The number of imidazole rings is 1. The normalized spacial score (nSPS) is 12.1. The van der Waals surface area contributed by atoms with Crippen molar-refractivity contribution in [2.45, 2.75) is 19.9 Å². The summed E-state index contributed by atoms with van der Waals surface area (Å²) < 4.78 is 2.00. The average Bonchev–Trinajstić information content (AvgIpc) is 3.23. The first-order valence-corrected chi connectivity index (χ1v) is 10.4. The molecular formula is C26H23N5. The van der Waals surface area contributed by atoms with Gasteiger partial charge in [0.2, 0.25) is 5.95 Å². The molecule has 5 nitrogen and oxygen atoms in total. The minimum atomic E-state index is 0.104. The number of aromatic nitrogens is 4. The summed E-state index contributed by atoms with van der Waals surface area (Å²) in [5.41, 5.74) is 6.78. The molecule has 5 heteroatoms. The lowest BCUT2D eigenvalue weighted by molar-refractivity contribution is 0.854. The topological polar surface area (TPSA) is 55.6 Å². The van der Waals surface area contributed by atoms with Gasteiger partial charge in [0.05, 0.1) is 17.1 Å². The third-order valence-electron chi connectivity index (χ3n) is 5.54. The zero-order valence-electron chi connectivity index (χ0n) is 17.5. The van der Waals surface area contributed by atoms with Gasteiger partial charge in [0.15, 0.2) is 0 Å². The predicted octanol–water partition coefficient (Wildman–Crippen LogP) is 5.96. The van der Waals surface area contributed by atoms with Crippen LogP contribution < -0.4 is 5.32 Å². The highest BCUT2D eigenvalue weighted by Crippen LogP contribution is 2.27. The van der Waals surface area contributed by atoms with Crippen LogP contribution in [0.1, 0.15) is 24.1 Å². The minimum Gasteiger partial charge on any atom is -0.348 e. The number of rotatable bonds is 5. The fraction of sp³-hybridized carbons (Fsp3) is 0.115. The first-order valence-electron chi connectivity index (χ1n) is 10.4. The molecule has 0 aliphatic heterocycles. The number of anilines is 1. The molecule has 0 aliphatic rings. The summed E-state index contributed by atoms with van der Waals surface area (Å²) in [5, 5.41) is 3.39. The van der Waals surface area contributed by atoms with E-state index >= 15 is 0 Å². The van der Waals surface area contributed by atoms with Crippen LogP contribution in [-0.4, -0.2) is 19.5 Å². The van der Waals surface area contributed by atoms with Crippen molar-refractivity contribution in [3.05, 3.63) is 103 Å². The summed E-state index contributed by atoms with van der Waals surface area (Å²) in [4.78, 5) is 13.8. The Hall–Kier alpha value is -3.99. The van der Waals surface area contributed by atoms with Crippen molar-refractivity contribution in [1.82, 2.24) is 19.5 Å². The van der Waals surface area contributed by atoms with Crippen LogP contribution in [-0.2, 0) is 0 Å². The highest BCUT2D eigenvalue weighted by atomic mass is 15.2. The molecule has 5 rings (SSSR count). The van der Waals surface area contributed by atoms with Crippen molar-refractivity contribution in [2.75, 3.05) is 5.32 Å². The summed E-state index contributed by atoms with van der Waals surface area (Å²) in [5.74, 6) is 1.37. The molecule has 0 spiro atoms. The molecule has 5 aromatic rings. The molecule has 3 aromatic carbocycles. The SMILES string of the molecule is Cc1ccccc1-c1ccc2c(c1)ncn2-c1ccnc(N[C@@H](C)c2ccccc2)n1. The molecule has 152 valence electrons. The van der Waals surface area contributed by atoms with Crippen LogP contribution in [0.5, 0.6) is 0 Å². The third-order valence-corrected chi connectivity index (χ3v) is 5.54. The first-order chi connectivity index (χ1) is 15.2. The van der Waals surface area contributed by atoms with Gasteiger partial charge < -0.3 is 5.32 Å². The molecule has 0 radical (unpaired) electrons. The van der Waals surface area contributed by atoms with Crippen molar-refractivity contribution < 1.29 is 0 Å². The van der Waals surface area contributed by atoms with E-state index in [0.29, 0.717) is 5.95 Å². The molecule has 0 unspecified atom stereocenters. The second kappa shape index (κ2) is 8.03. The van der Waals surface area contributed by atoms with Gasteiger partial charge in [0, 0.05) is 6.20 Å². The number of nitrogens with one attached hydrogen (secondary N) is 1. The van der Waals surface area contributed by atoms with Gasteiger partial charge in [0.1, 0.15) is 12.1 Å². The fourth-order valence-corrected chi connectivity index (χ4v) is 3.83. The van der Waals surface area contributed by atoms with Crippen LogP contribution in [0.25, 0.3) is 28.0 Å². The zero-order chi connectivity index (χ0) is 21.2. The fourth-order valence-electron chi connectivity index (χ4n) is 3.83. The molecule has 0 fully saturated rings. The Morgan fingerprint density at radius 2 is 1.68 bits per heavy atom. The van der Waals surface area contributed by atoms with E-state index in [4.69, 9.17) is 4.98 Å². The number of hydrogen-bond donors (Lipinski definition) is 1. The smallest absolute Gasteiger partial charge is 0.225 e. The van der Waals surface area contributed by atoms with Crippen molar-refractivity contribution in [3.63, 3.8) is 0 Å². The predicted molar refractivity (Wildman–Crippen MR) is 125 cm³/mol. The highest BCUT2D eigenvalue weighted by Gasteiger charge is 2.11. The molecule has 1 atom stereocenters. The quantitative estimate of drug-likeness (QED) is 0.392. The van der Waals surface area contributed by atoms with Gasteiger partial charge in [-0.3, -0.25) is 4.57 Å². The Bertz CT molecular complexity index is 1340. The van der Waals surface area contributed by atoms with Gasteiger partial charge >= 0.3 is 0 Å². The van der Waals surface area contributed by atoms with E-state index in [2.05, 4.69) is 83.7 Å². The molecule has 0 saturated heterocycles. The Morgan fingerprint density at radius 3 is 2.52 bits per heavy atom. The monoisotopic (exact) mass is 405 g/mol. The minimum absolute atomic E-state index is 0.104. The number of benzene rings is 3. The summed E-state index contributed by atoms with van der Waals surface area (Å²) >= 11 is 0. The molecule has 0 saturated carbocycles. The zero-order valence-corrected chi connectivity index (χ0v) is 17.5. The molecule has 1 N–H and O–H groups in total. The van der Waals surface area contributed by atoms with Crippen LogP contribution in [0.2, 0.25) is 0 Å². The largest absolute Gasteiger partial charge is 0.348 e. The Morgan fingerprint density at radius 1 is 0.871 bits per heavy atom. The van der Waals surface area contributed by atoms with Crippen LogP contribution >= 0.6 is 0 Å². The maximum absolute atomic E-state index is 4.73. The van der Waals surface area contributed by atoms with Gasteiger partial charge in [0.25, 0.3) is 0 Å². The first kappa shape index (κ1) is 19.0. The van der Waals surface area contributed by atoms with Crippen molar-refractivity contribution in [1.29, 1.82) is 0 Å². The van der Waals surface area contributed by atoms with Gasteiger partial charge in [-0.25, -0.2) is 9.97 Å². The number of fused-ring (bicyclic) bond motifs is 1. The lowest BCUT2D eigenvalue weighted by Crippen LogP contribution is -2.10. The Labute approximate surface area is 181 Å². The molecule has 2 heterocycles. The lowest BCUT2D eigenvalue weighted by Gasteiger charge is -2.14. The molecular weight excluding hydrogens is 382 g/mol. The van der Waals surface area contributed by atoms with Gasteiger partial charge in [-0.1, -0.05) is 60.7 Å². The van der Waals surface area contributed by atoms with Gasteiger partial charge in [-0.05, 0) is 54.3 Å². The number of aryl methyl sites for hydroxylation is 1. The molecule has 2 aromatic heterocycles. The van der Waals surface area contributed by atoms with Crippen molar-refractivity contribution in [2.24, 2.45) is 0 Å². The van der Waals surface area contributed by atoms with Crippen molar-refractivity contribution in [3.8, 4) is 16.9 Å². The maximum Gasteiger partial charge on any atom is 0.225 e. The Balaban J connectivity index is 1.46. The standard InChI is InChI=1S/C26H23N5/c1-18-8-6-7-11-22(18)21-12-13-24-23(16-21)28-17-31(24)25-14-15-27-26(30-25)29-19(2)20-9-4-3-5-10-20/h3-17,19H,1-2H3,(H,27,29,30)/t19-/m0/s1. The summed E-state index contributed by atoms with van der Waals surface area (Å²) in [7, 11) is 0. The number of nitrogens with zero attached hydrogens (tertiary/aromatic N) is 4. The van der Waals surface area contributed by atoms with E-state index in [-0.39, 0.29) is 6.04 Å². The Kier molecular flexibility index (Phi) is 4.92. The second-order valence-electron chi connectivity index (χ2n) is 7.65. The lowest BCUT2D eigenvalue weighted by atomic mass is 10.0. The van der Waals surface area contributed by atoms with Crippen molar-refractivity contribution >= 4 is 17.0 Å².